The lowest BCUT2D eigenvalue weighted by atomic mass is 10.1. The number of hydrogen-bond acceptors (Lipinski definition) is 5. The van der Waals surface area contributed by atoms with E-state index in [4.69, 9.17) is 4.52 Å². The first-order valence-corrected chi connectivity index (χ1v) is 3.72. The van der Waals surface area contributed by atoms with Crippen LogP contribution in [0.25, 0.3) is 11.2 Å². The van der Waals surface area contributed by atoms with Crippen molar-refractivity contribution in [3.63, 3.8) is 0 Å². The van der Waals surface area contributed by atoms with Gasteiger partial charge >= 0.3 is 0 Å². The van der Waals surface area contributed by atoms with Gasteiger partial charge in [0.05, 0.1) is 0 Å². The minimum absolute atomic E-state index is 0.294. The lowest BCUT2D eigenvalue weighted by molar-refractivity contribution is 0.432. The normalized spacial score (nSPS) is 11.2. The Bertz CT molecular complexity index is 395. The topological polar surface area (TPSA) is 64.7 Å². The molecule has 0 aliphatic heterocycles. The van der Waals surface area contributed by atoms with Crippen LogP contribution in [0.3, 0.4) is 0 Å². The predicted octanol–water partition coefficient (Wildman–Crippen LogP) is 1.14. The Kier molecular flexibility index (Phi) is 1.49. The number of rotatable bonds is 1. The van der Waals surface area contributed by atoms with Crippen LogP contribution in [0.4, 0.5) is 0 Å². The third kappa shape index (κ3) is 0.939. The largest absolute Gasteiger partial charge is 0.332 e. The van der Waals surface area contributed by atoms with Crippen LogP contribution in [0, 0.1) is 0 Å². The van der Waals surface area contributed by atoms with Crippen molar-refractivity contribution in [1.82, 2.24) is 20.3 Å². The van der Waals surface area contributed by atoms with Crippen molar-refractivity contribution in [3.05, 3.63) is 12.0 Å². The van der Waals surface area contributed by atoms with E-state index in [0.29, 0.717) is 17.1 Å². The van der Waals surface area contributed by atoms with Crippen LogP contribution in [-0.2, 0) is 0 Å². The van der Waals surface area contributed by atoms with Gasteiger partial charge in [0.15, 0.2) is 5.52 Å². The average molecular weight is 164 g/mol. The molecule has 0 aromatic carbocycles. The van der Waals surface area contributed by atoms with Crippen molar-refractivity contribution in [2.24, 2.45) is 0 Å². The second-order valence-electron chi connectivity index (χ2n) is 2.84. The van der Waals surface area contributed by atoms with Crippen LogP contribution in [0.5, 0.6) is 0 Å². The predicted molar refractivity (Wildman–Crippen MR) is 41.5 cm³/mol. The van der Waals surface area contributed by atoms with Gasteiger partial charge in [-0.2, -0.15) is 0 Å². The van der Waals surface area contributed by atoms with E-state index < -0.39 is 0 Å². The van der Waals surface area contributed by atoms with Crippen LogP contribution < -0.4 is 0 Å². The molecule has 0 radical (unpaired) electrons. The molecule has 2 aromatic heterocycles. The van der Waals surface area contributed by atoms with Gasteiger partial charge in [0, 0.05) is 5.92 Å². The van der Waals surface area contributed by atoms with Gasteiger partial charge in [0.2, 0.25) is 0 Å². The molecule has 0 aliphatic rings. The molecule has 0 atom stereocenters. The van der Waals surface area contributed by atoms with Crippen molar-refractivity contribution in [2.75, 3.05) is 0 Å². The number of fused-ring (bicyclic) bond motifs is 1. The van der Waals surface area contributed by atoms with Crippen molar-refractivity contribution in [2.45, 2.75) is 19.8 Å². The van der Waals surface area contributed by atoms with Gasteiger partial charge in [-0.15, -0.1) is 10.2 Å². The third-order valence-electron chi connectivity index (χ3n) is 1.61. The van der Waals surface area contributed by atoms with Gasteiger partial charge in [-0.3, -0.25) is 0 Å². The third-order valence-corrected chi connectivity index (χ3v) is 1.61. The van der Waals surface area contributed by atoms with Gasteiger partial charge in [-0.05, 0) is 0 Å². The van der Waals surface area contributed by atoms with Crippen molar-refractivity contribution < 1.29 is 4.52 Å². The molecule has 0 saturated heterocycles. The summed E-state index contributed by atoms with van der Waals surface area (Å²) in [6.45, 7) is 4.05. The fraction of sp³-hybridized carbons (Fsp3) is 0.429. The molecule has 2 heterocycles. The summed E-state index contributed by atoms with van der Waals surface area (Å²) in [6.07, 6.45) is 1.39. The molecule has 12 heavy (non-hydrogen) atoms. The highest BCUT2D eigenvalue weighted by Gasteiger charge is 2.12. The molecule has 0 aliphatic carbocycles. The fourth-order valence-corrected chi connectivity index (χ4v) is 1.02. The first kappa shape index (κ1) is 7.15. The smallest absolute Gasteiger partial charge is 0.295 e. The summed E-state index contributed by atoms with van der Waals surface area (Å²) < 4.78 is 4.92. The van der Waals surface area contributed by atoms with E-state index in [9.17, 15) is 0 Å². The molecule has 5 heteroatoms. The second kappa shape index (κ2) is 2.51. The summed E-state index contributed by atoms with van der Waals surface area (Å²) in [6, 6.07) is 0. The monoisotopic (exact) mass is 164 g/mol. The second-order valence-corrected chi connectivity index (χ2v) is 2.84. The highest BCUT2D eigenvalue weighted by molar-refractivity contribution is 5.69. The first-order chi connectivity index (χ1) is 5.79. The maximum absolute atomic E-state index is 4.92. The molecule has 0 spiro atoms. The molecule has 5 nitrogen and oxygen atoms in total. The standard InChI is InChI=1S/C7H8N4O/c1-4(2)5-6-7(12-11-5)10-9-3-8-6/h3-4H,1-2H3. The Morgan fingerprint density at radius 2 is 2.25 bits per heavy atom. The van der Waals surface area contributed by atoms with Gasteiger partial charge < -0.3 is 4.52 Å². The van der Waals surface area contributed by atoms with Crippen LogP contribution in [0.2, 0.25) is 0 Å². The summed E-state index contributed by atoms with van der Waals surface area (Å²) in [5, 5.41) is 11.2. The van der Waals surface area contributed by atoms with Crippen LogP contribution in [0.1, 0.15) is 25.5 Å². The maximum atomic E-state index is 4.92. The Labute approximate surface area is 68.8 Å². The Morgan fingerprint density at radius 1 is 1.42 bits per heavy atom. The molecule has 0 fully saturated rings. The van der Waals surface area contributed by atoms with Gasteiger partial charge in [0.25, 0.3) is 5.71 Å². The fourth-order valence-electron chi connectivity index (χ4n) is 1.02. The maximum Gasteiger partial charge on any atom is 0.295 e. The molecule has 0 saturated carbocycles. The van der Waals surface area contributed by atoms with Crippen LogP contribution in [0.15, 0.2) is 10.9 Å². The average Bonchev–Trinajstić information content (AvgIpc) is 2.47. The van der Waals surface area contributed by atoms with Crippen molar-refractivity contribution in [3.8, 4) is 0 Å². The Hall–Kier alpha value is -1.52. The van der Waals surface area contributed by atoms with E-state index in [1.807, 2.05) is 13.8 Å². The Balaban J connectivity index is 2.70. The quantitative estimate of drug-likeness (QED) is 0.632. The van der Waals surface area contributed by atoms with Crippen LogP contribution >= 0.6 is 0 Å². The lowest BCUT2D eigenvalue weighted by Crippen LogP contribution is -1.90. The molecule has 62 valence electrons. The van der Waals surface area contributed by atoms with E-state index >= 15 is 0 Å². The molecule has 0 unspecified atom stereocenters. The van der Waals surface area contributed by atoms with Gasteiger partial charge in [-0.1, -0.05) is 19.0 Å². The molecule has 0 N–H and O–H groups in total. The van der Waals surface area contributed by atoms with E-state index in [-0.39, 0.29) is 0 Å². The number of hydrogen-bond donors (Lipinski definition) is 0. The molecular weight excluding hydrogens is 156 g/mol. The highest BCUT2D eigenvalue weighted by atomic mass is 16.5. The first-order valence-electron chi connectivity index (χ1n) is 3.72. The molecule has 0 amide bonds. The summed E-state index contributed by atoms with van der Waals surface area (Å²) in [4.78, 5) is 4.03. The molecule has 2 aromatic rings. The molecular formula is C7H8N4O. The zero-order chi connectivity index (χ0) is 8.55. The number of aromatic nitrogens is 4. The highest BCUT2D eigenvalue weighted by Crippen LogP contribution is 2.19. The van der Waals surface area contributed by atoms with E-state index in [2.05, 4.69) is 20.3 Å². The zero-order valence-electron chi connectivity index (χ0n) is 6.85. The molecule has 0 bridgehead atoms. The minimum atomic E-state index is 0.294. The van der Waals surface area contributed by atoms with E-state index in [1.165, 1.54) is 6.33 Å². The SMILES string of the molecule is CC(C)c1noc2nncnc12. The number of nitrogens with zero attached hydrogens (tertiary/aromatic N) is 4. The summed E-state index contributed by atoms with van der Waals surface area (Å²) >= 11 is 0. The van der Waals surface area contributed by atoms with Crippen molar-refractivity contribution in [1.29, 1.82) is 0 Å². The van der Waals surface area contributed by atoms with Gasteiger partial charge in [0.1, 0.15) is 12.0 Å². The summed E-state index contributed by atoms with van der Waals surface area (Å²) in [7, 11) is 0. The Morgan fingerprint density at radius 3 is 3.00 bits per heavy atom. The van der Waals surface area contributed by atoms with Crippen molar-refractivity contribution >= 4 is 11.2 Å². The minimum Gasteiger partial charge on any atom is -0.332 e. The summed E-state index contributed by atoms with van der Waals surface area (Å²) in [5.41, 5.74) is 1.95. The van der Waals surface area contributed by atoms with E-state index in [0.717, 1.165) is 5.69 Å². The lowest BCUT2D eigenvalue weighted by Gasteiger charge is -1.95. The molecule has 2 rings (SSSR count). The van der Waals surface area contributed by atoms with E-state index in [1.54, 1.807) is 0 Å². The zero-order valence-corrected chi connectivity index (χ0v) is 6.85. The van der Waals surface area contributed by atoms with Crippen LogP contribution in [-0.4, -0.2) is 20.3 Å². The van der Waals surface area contributed by atoms with Gasteiger partial charge in [-0.25, -0.2) is 4.98 Å². The summed E-state index contributed by atoms with van der Waals surface area (Å²) in [5.74, 6) is 0.294.